The highest BCUT2D eigenvalue weighted by Crippen LogP contribution is 2.24. The first-order chi connectivity index (χ1) is 10.4. The molecule has 1 unspecified atom stereocenters. The van der Waals surface area contributed by atoms with Gasteiger partial charge in [0.1, 0.15) is 11.4 Å². The lowest BCUT2D eigenvalue weighted by Gasteiger charge is -2.28. The zero-order valence-electron chi connectivity index (χ0n) is 14.7. The first-order valence-electron chi connectivity index (χ1n) is 7.31. The van der Waals surface area contributed by atoms with Gasteiger partial charge in [-0.15, -0.1) is 0 Å². The summed E-state index contributed by atoms with van der Waals surface area (Å²) in [5.41, 5.74) is -2.86. The SMILES string of the molecule is [2H]OC(=O)C(C)(NC(=O)OC(C)(C)C)c1ccc(O)c([2H])c1[2H]. The highest BCUT2D eigenvalue weighted by Gasteiger charge is 2.38. The Morgan fingerprint density at radius 2 is 1.95 bits per heavy atom. The Hall–Kier alpha value is -2.24. The van der Waals surface area contributed by atoms with E-state index in [0.29, 0.717) is 0 Å². The zero-order valence-corrected chi connectivity index (χ0v) is 11.7. The van der Waals surface area contributed by atoms with Gasteiger partial charge in [0.25, 0.3) is 1.43 Å². The molecule has 1 atom stereocenters. The third-order valence-corrected chi connectivity index (χ3v) is 2.43. The highest BCUT2D eigenvalue weighted by atomic mass is 16.6. The summed E-state index contributed by atoms with van der Waals surface area (Å²) in [6, 6.07) is 1.32. The summed E-state index contributed by atoms with van der Waals surface area (Å²) < 4.78 is 27.4. The molecule has 20 heavy (non-hydrogen) atoms. The fraction of sp³-hybridized carbons (Fsp3) is 0.429. The topological polar surface area (TPSA) is 95.9 Å². The van der Waals surface area contributed by atoms with Gasteiger partial charge in [0.15, 0.2) is 5.54 Å². The Kier molecular flexibility index (Phi) is 3.13. The Morgan fingerprint density at radius 3 is 2.50 bits per heavy atom. The van der Waals surface area contributed by atoms with E-state index in [0.717, 1.165) is 6.07 Å². The van der Waals surface area contributed by atoms with Crippen LogP contribution in [-0.2, 0) is 15.1 Å². The monoisotopic (exact) mass is 284 g/mol. The molecular weight excluding hydrogens is 262 g/mol. The van der Waals surface area contributed by atoms with Crippen molar-refractivity contribution >= 4 is 12.1 Å². The fourth-order valence-electron chi connectivity index (χ4n) is 1.40. The standard InChI is InChI=1S/C14H19NO5/c1-13(2,3)20-12(19)15-14(4,11(17)18)9-5-7-10(16)8-6-9/h5-8,16H,1-4H3,(H,15,19)(H,17,18)/i5D,7D/hD. The fourth-order valence-corrected chi connectivity index (χ4v) is 1.40. The normalized spacial score (nSPS) is 16.1. The smallest absolute Gasteiger partial charge is 0.408 e. The minimum atomic E-state index is -1.93. The maximum Gasteiger partial charge on any atom is 0.408 e. The van der Waals surface area contributed by atoms with Crippen molar-refractivity contribution in [2.24, 2.45) is 0 Å². The Morgan fingerprint density at radius 1 is 1.30 bits per heavy atom. The van der Waals surface area contributed by atoms with Gasteiger partial charge in [-0.3, -0.25) is 0 Å². The van der Waals surface area contributed by atoms with Crippen LogP contribution in [0.5, 0.6) is 5.75 Å². The van der Waals surface area contributed by atoms with Gasteiger partial charge in [-0.2, -0.15) is 0 Å². The maximum atomic E-state index is 12.0. The van der Waals surface area contributed by atoms with E-state index in [1.807, 2.05) is 0 Å². The number of aromatic hydroxyl groups is 1. The van der Waals surface area contributed by atoms with Crippen molar-refractivity contribution in [1.29, 1.82) is 1.43 Å². The lowest BCUT2D eigenvalue weighted by atomic mass is 9.92. The van der Waals surface area contributed by atoms with Gasteiger partial charge >= 0.3 is 12.1 Å². The molecule has 0 radical (unpaired) electrons. The molecular formula is C14H19NO5. The van der Waals surface area contributed by atoms with Gasteiger partial charge < -0.3 is 20.3 Å². The van der Waals surface area contributed by atoms with Crippen LogP contribution in [-0.4, -0.2) is 27.9 Å². The number of carboxylic acid groups (broad SMARTS) is 1. The predicted molar refractivity (Wildman–Crippen MR) is 72.5 cm³/mol. The number of carboxylic acids is 1. The number of alkyl carbamates (subject to hydrolysis) is 1. The molecule has 1 rings (SSSR count). The van der Waals surface area contributed by atoms with Crippen LogP contribution in [0, 0.1) is 0 Å². The molecule has 0 heterocycles. The van der Waals surface area contributed by atoms with Gasteiger partial charge in [0.2, 0.25) is 0 Å². The number of ether oxygens (including phenoxy) is 1. The molecule has 0 aliphatic carbocycles. The van der Waals surface area contributed by atoms with Crippen LogP contribution >= 0.6 is 0 Å². The summed E-state index contributed by atoms with van der Waals surface area (Å²) in [5.74, 6) is -1.61. The number of phenolic OH excluding ortho intramolecular Hbond substituents is 1. The van der Waals surface area contributed by atoms with E-state index in [2.05, 4.69) is 10.4 Å². The largest absolute Gasteiger partial charge is 0.508 e. The number of rotatable bonds is 3. The molecule has 6 nitrogen and oxygen atoms in total. The van der Waals surface area contributed by atoms with Crippen LogP contribution in [0.3, 0.4) is 0 Å². The molecule has 0 saturated heterocycles. The number of benzene rings is 1. The molecule has 1 aromatic rings. The Bertz CT molecular complexity index is 630. The van der Waals surface area contributed by atoms with Crippen molar-refractivity contribution in [1.82, 2.24) is 5.32 Å². The van der Waals surface area contributed by atoms with Gasteiger partial charge in [-0.25, -0.2) is 9.59 Å². The van der Waals surface area contributed by atoms with Crippen LogP contribution < -0.4 is 5.32 Å². The second-order valence-corrected chi connectivity index (χ2v) is 5.42. The third-order valence-electron chi connectivity index (χ3n) is 2.43. The second-order valence-electron chi connectivity index (χ2n) is 5.42. The van der Waals surface area contributed by atoms with E-state index in [9.17, 15) is 14.7 Å². The molecule has 0 aliphatic rings. The lowest BCUT2D eigenvalue weighted by molar-refractivity contribution is -0.144. The zero-order chi connectivity index (χ0) is 18.0. The van der Waals surface area contributed by atoms with E-state index in [4.69, 9.17) is 8.91 Å². The molecule has 6 heteroatoms. The van der Waals surface area contributed by atoms with E-state index in [1.165, 1.54) is 13.0 Å². The number of nitrogens with one attached hydrogen (secondary N) is 1. The second kappa shape index (κ2) is 5.40. The minimum absolute atomic E-state index is 0.108. The van der Waals surface area contributed by atoms with Crippen LogP contribution in [0.15, 0.2) is 24.2 Å². The van der Waals surface area contributed by atoms with E-state index in [-0.39, 0.29) is 5.56 Å². The quantitative estimate of drug-likeness (QED) is 0.791. The number of amides is 1. The molecule has 110 valence electrons. The average molecular weight is 284 g/mol. The summed E-state index contributed by atoms with van der Waals surface area (Å²) in [6.45, 7) is 6.11. The number of aliphatic carboxylic acids is 1. The number of phenols is 1. The predicted octanol–water partition coefficient (Wildman–Crippen LogP) is 2.22. The summed E-state index contributed by atoms with van der Waals surface area (Å²) in [6.07, 6.45) is -0.954. The maximum absolute atomic E-state index is 12.0. The first kappa shape index (κ1) is 11.6. The lowest BCUT2D eigenvalue weighted by Crippen LogP contribution is -2.50. The molecule has 0 bridgehead atoms. The van der Waals surface area contributed by atoms with E-state index < -0.39 is 41.0 Å². The molecule has 0 saturated carbocycles. The summed E-state index contributed by atoms with van der Waals surface area (Å²) >= 11 is 0. The van der Waals surface area contributed by atoms with E-state index >= 15 is 0 Å². The van der Waals surface area contributed by atoms with Crippen LogP contribution in [0.4, 0.5) is 4.79 Å². The van der Waals surface area contributed by atoms with Crippen molar-refractivity contribution in [3.05, 3.63) is 29.8 Å². The molecule has 0 fully saturated rings. The molecule has 1 aromatic carbocycles. The van der Waals surface area contributed by atoms with Crippen molar-refractivity contribution in [3.8, 4) is 5.75 Å². The third kappa shape index (κ3) is 3.88. The Labute approximate surface area is 121 Å². The average Bonchev–Trinajstić information content (AvgIpc) is 2.41. The van der Waals surface area contributed by atoms with Gasteiger partial charge in [-0.05, 0) is 45.4 Å². The summed E-state index contributed by atoms with van der Waals surface area (Å²) in [4.78, 5) is 24.0. The first-order valence-corrected chi connectivity index (χ1v) is 5.90. The van der Waals surface area contributed by atoms with Crippen molar-refractivity contribution in [3.63, 3.8) is 0 Å². The van der Waals surface area contributed by atoms with Gasteiger partial charge in [-0.1, -0.05) is 12.1 Å². The molecule has 1 amide bonds. The molecule has 0 aliphatic heterocycles. The van der Waals surface area contributed by atoms with Crippen LogP contribution in [0.1, 0.15) is 36.0 Å². The van der Waals surface area contributed by atoms with Gasteiger partial charge in [0.05, 0.1) is 2.74 Å². The van der Waals surface area contributed by atoms with Crippen LogP contribution in [0.25, 0.3) is 1.43 Å². The Balaban J connectivity index is 3.32. The van der Waals surface area contributed by atoms with Gasteiger partial charge in [0, 0.05) is 0 Å². The molecule has 3 N–H and O–H groups in total. The highest BCUT2D eigenvalue weighted by molar-refractivity contribution is 5.85. The van der Waals surface area contributed by atoms with E-state index in [1.54, 1.807) is 20.8 Å². The number of hydrogen-bond acceptors (Lipinski definition) is 5. The van der Waals surface area contributed by atoms with Crippen molar-refractivity contribution in [2.75, 3.05) is 0 Å². The summed E-state index contributed by atoms with van der Waals surface area (Å²) in [5, 5.41) is 15.7. The number of carbonyl (C=O) groups is 2. The summed E-state index contributed by atoms with van der Waals surface area (Å²) in [7, 11) is 0. The van der Waals surface area contributed by atoms with Crippen molar-refractivity contribution in [2.45, 2.75) is 38.8 Å². The molecule has 0 spiro atoms. The molecule has 0 aromatic heterocycles. The number of hydrogen-bond donors (Lipinski definition) is 3. The number of carbonyl (C=O) groups excluding carboxylic acids is 1. The van der Waals surface area contributed by atoms with Crippen molar-refractivity contribution < 1.29 is 27.3 Å². The van der Waals surface area contributed by atoms with Crippen LogP contribution in [0.2, 0.25) is 0 Å². The minimum Gasteiger partial charge on any atom is -0.508 e.